The molecule has 104 valence electrons. The van der Waals surface area contributed by atoms with E-state index in [9.17, 15) is 0 Å². The van der Waals surface area contributed by atoms with E-state index >= 15 is 0 Å². The van der Waals surface area contributed by atoms with Crippen molar-refractivity contribution in [2.24, 2.45) is 5.73 Å². The fourth-order valence-electron chi connectivity index (χ4n) is 3.77. The van der Waals surface area contributed by atoms with Gasteiger partial charge in [0.1, 0.15) is 5.82 Å². The van der Waals surface area contributed by atoms with Crippen molar-refractivity contribution < 1.29 is 0 Å². The van der Waals surface area contributed by atoms with Crippen molar-refractivity contribution in [3.8, 4) is 11.3 Å². The molecule has 3 heteroatoms. The average Bonchev–Trinajstić information content (AvgIpc) is 2.77. The van der Waals surface area contributed by atoms with Gasteiger partial charge in [-0.1, -0.05) is 38.1 Å². The molecule has 1 aliphatic heterocycles. The van der Waals surface area contributed by atoms with Crippen LogP contribution in [-0.2, 0) is 24.8 Å². The van der Waals surface area contributed by atoms with Gasteiger partial charge in [0.15, 0.2) is 0 Å². The predicted octanol–water partition coefficient (Wildman–Crippen LogP) is 2.66. The van der Waals surface area contributed by atoms with Crippen LogP contribution in [0.5, 0.6) is 0 Å². The zero-order chi connectivity index (χ0) is 13.9. The summed E-state index contributed by atoms with van der Waals surface area (Å²) < 4.78 is 2.39. The molecular formula is C17H21N3. The molecule has 2 N–H and O–H groups in total. The van der Waals surface area contributed by atoms with Crippen molar-refractivity contribution in [3.05, 3.63) is 41.3 Å². The molecule has 3 nitrogen and oxygen atoms in total. The Kier molecular flexibility index (Phi) is 2.40. The van der Waals surface area contributed by atoms with Gasteiger partial charge in [0.05, 0.1) is 5.69 Å². The van der Waals surface area contributed by atoms with Gasteiger partial charge in [-0.2, -0.15) is 0 Å². The lowest BCUT2D eigenvalue weighted by Gasteiger charge is -2.33. The third-order valence-electron chi connectivity index (χ3n) is 4.83. The number of nitrogens with zero attached hydrogens (tertiary/aromatic N) is 2. The van der Waals surface area contributed by atoms with Crippen LogP contribution in [0.3, 0.4) is 0 Å². The molecule has 2 heterocycles. The van der Waals surface area contributed by atoms with E-state index in [-0.39, 0.29) is 11.5 Å². The van der Waals surface area contributed by atoms with E-state index in [1.807, 2.05) is 0 Å². The predicted molar refractivity (Wildman–Crippen MR) is 80.7 cm³/mol. The van der Waals surface area contributed by atoms with E-state index in [1.54, 1.807) is 0 Å². The summed E-state index contributed by atoms with van der Waals surface area (Å²) in [7, 11) is 0. The number of rotatable bonds is 0. The summed E-state index contributed by atoms with van der Waals surface area (Å²) >= 11 is 0. The highest BCUT2D eigenvalue weighted by Gasteiger charge is 2.35. The van der Waals surface area contributed by atoms with Gasteiger partial charge in [-0.25, -0.2) is 4.98 Å². The molecule has 1 aliphatic carbocycles. The number of hydrogen-bond donors (Lipinski definition) is 1. The van der Waals surface area contributed by atoms with Crippen LogP contribution in [0.1, 0.15) is 37.4 Å². The zero-order valence-electron chi connectivity index (χ0n) is 12.2. The molecule has 1 aromatic carbocycles. The Hall–Kier alpha value is -1.61. The van der Waals surface area contributed by atoms with Crippen LogP contribution < -0.4 is 5.73 Å². The van der Waals surface area contributed by atoms with Crippen LogP contribution >= 0.6 is 0 Å². The summed E-state index contributed by atoms with van der Waals surface area (Å²) in [5, 5.41) is 0. The molecule has 20 heavy (non-hydrogen) atoms. The van der Waals surface area contributed by atoms with Gasteiger partial charge >= 0.3 is 0 Å². The normalized spacial score (nSPS) is 22.9. The van der Waals surface area contributed by atoms with Crippen LogP contribution in [0.25, 0.3) is 11.3 Å². The SMILES string of the molecule is CC1(C)Cc2c(nc3n2CC(N)CC3)-c2ccccc21. The highest BCUT2D eigenvalue weighted by atomic mass is 15.1. The molecule has 0 spiro atoms. The first-order valence-electron chi connectivity index (χ1n) is 7.50. The van der Waals surface area contributed by atoms with Crippen LogP contribution in [0.2, 0.25) is 0 Å². The number of aryl methyl sites for hydroxylation is 1. The lowest BCUT2D eigenvalue weighted by Crippen LogP contribution is -2.34. The third-order valence-corrected chi connectivity index (χ3v) is 4.83. The van der Waals surface area contributed by atoms with E-state index in [2.05, 4.69) is 42.7 Å². The molecule has 2 aliphatic rings. The highest BCUT2D eigenvalue weighted by Crippen LogP contribution is 2.43. The summed E-state index contributed by atoms with van der Waals surface area (Å²) in [5.74, 6) is 1.23. The Labute approximate surface area is 119 Å². The van der Waals surface area contributed by atoms with Crippen LogP contribution in [0, 0.1) is 0 Å². The van der Waals surface area contributed by atoms with Crippen molar-refractivity contribution in [3.63, 3.8) is 0 Å². The second-order valence-corrected chi connectivity index (χ2v) is 6.84. The molecule has 0 fully saturated rings. The third kappa shape index (κ3) is 1.59. The largest absolute Gasteiger partial charge is 0.330 e. The number of hydrogen-bond acceptors (Lipinski definition) is 2. The van der Waals surface area contributed by atoms with Gasteiger partial charge in [-0.15, -0.1) is 0 Å². The minimum absolute atomic E-state index is 0.169. The van der Waals surface area contributed by atoms with Crippen molar-refractivity contribution in [2.75, 3.05) is 0 Å². The molecule has 1 unspecified atom stereocenters. The quantitative estimate of drug-likeness (QED) is 0.797. The first kappa shape index (κ1) is 12.2. The molecule has 2 aromatic rings. The topological polar surface area (TPSA) is 43.8 Å². The Balaban J connectivity index is 1.96. The van der Waals surface area contributed by atoms with Crippen LogP contribution in [0.4, 0.5) is 0 Å². The highest BCUT2D eigenvalue weighted by molar-refractivity contribution is 5.71. The molecule has 4 rings (SSSR count). The van der Waals surface area contributed by atoms with Gasteiger partial charge in [-0.3, -0.25) is 0 Å². The molecule has 1 atom stereocenters. The van der Waals surface area contributed by atoms with Crippen molar-refractivity contribution in [2.45, 2.75) is 51.1 Å². The molecule has 0 saturated carbocycles. The lowest BCUT2D eigenvalue weighted by molar-refractivity contribution is 0.424. The number of fused-ring (bicyclic) bond motifs is 5. The molecule has 0 bridgehead atoms. The van der Waals surface area contributed by atoms with Gasteiger partial charge < -0.3 is 10.3 Å². The van der Waals surface area contributed by atoms with E-state index in [4.69, 9.17) is 10.7 Å². The Morgan fingerprint density at radius 2 is 2.10 bits per heavy atom. The minimum atomic E-state index is 0.169. The number of aromatic nitrogens is 2. The van der Waals surface area contributed by atoms with E-state index in [0.29, 0.717) is 0 Å². The van der Waals surface area contributed by atoms with Gasteiger partial charge in [-0.05, 0) is 23.8 Å². The Bertz CT molecular complexity index is 682. The molecule has 0 radical (unpaired) electrons. The van der Waals surface area contributed by atoms with Crippen molar-refractivity contribution >= 4 is 0 Å². The Morgan fingerprint density at radius 3 is 2.95 bits per heavy atom. The standard InChI is InChI=1S/C17H21N3/c1-17(2)9-14-16(12-5-3-4-6-13(12)17)19-15-8-7-11(18)10-20(14)15/h3-6,11H,7-10,18H2,1-2H3. The van der Waals surface area contributed by atoms with E-state index in [1.165, 1.54) is 28.3 Å². The van der Waals surface area contributed by atoms with Crippen LogP contribution in [-0.4, -0.2) is 15.6 Å². The smallest absolute Gasteiger partial charge is 0.109 e. The van der Waals surface area contributed by atoms with Gasteiger partial charge in [0.2, 0.25) is 0 Å². The summed E-state index contributed by atoms with van der Waals surface area (Å²) in [5.41, 5.74) is 11.6. The second kappa shape index (κ2) is 3.95. The summed E-state index contributed by atoms with van der Waals surface area (Å²) in [6.07, 6.45) is 3.12. The monoisotopic (exact) mass is 267 g/mol. The summed E-state index contributed by atoms with van der Waals surface area (Å²) in [6.45, 7) is 5.59. The van der Waals surface area contributed by atoms with Crippen molar-refractivity contribution in [1.82, 2.24) is 9.55 Å². The first-order chi connectivity index (χ1) is 9.56. The fourth-order valence-corrected chi connectivity index (χ4v) is 3.77. The Morgan fingerprint density at radius 1 is 1.30 bits per heavy atom. The number of nitrogens with two attached hydrogens (primary N) is 1. The second-order valence-electron chi connectivity index (χ2n) is 6.84. The molecule has 0 saturated heterocycles. The first-order valence-corrected chi connectivity index (χ1v) is 7.50. The van der Waals surface area contributed by atoms with Crippen molar-refractivity contribution in [1.29, 1.82) is 0 Å². The maximum absolute atomic E-state index is 6.16. The number of imidazole rings is 1. The molecule has 0 amide bonds. The maximum Gasteiger partial charge on any atom is 0.109 e. The van der Waals surface area contributed by atoms with E-state index in [0.717, 1.165) is 25.8 Å². The average molecular weight is 267 g/mol. The van der Waals surface area contributed by atoms with Gasteiger partial charge in [0.25, 0.3) is 0 Å². The fraction of sp³-hybridized carbons (Fsp3) is 0.471. The summed E-state index contributed by atoms with van der Waals surface area (Å²) in [6, 6.07) is 9.00. The molecule has 1 aromatic heterocycles. The minimum Gasteiger partial charge on any atom is -0.330 e. The summed E-state index contributed by atoms with van der Waals surface area (Å²) in [4.78, 5) is 4.94. The zero-order valence-corrected chi connectivity index (χ0v) is 12.2. The van der Waals surface area contributed by atoms with E-state index < -0.39 is 0 Å². The maximum atomic E-state index is 6.16. The van der Waals surface area contributed by atoms with Crippen LogP contribution in [0.15, 0.2) is 24.3 Å². The number of benzene rings is 1. The lowest BCUT2D eigenvalue weighted by atomic mass is 9.73. The molecular weight excluding hydrogens is 246 g/mol. The van der Waals surface area contributed by atoms with Gasteiger partial charge in [0, 0.05) is 30.3 Å².